The van der Waals surface area contributed by atoms with E-state index < -0.39 is 0 Å². The van der Waals surface area contributed by atoms with Crippen molar-refractivity contribution in [1.82, 2.24) is 9.88 Å². The van der Waals surface area contributed by atoms with Crippen molar-refractivity contribution < 1.29 is 4.42 Å². The first-order chi connectivity index (χ1) is 12.2. The summed E-state index contributed by atoms with van der Waals surface area (Å²) in [7, 11) is 0. The molecule has 2 saturated carbocycles. The molecule has 2 aromatic rings. The lowest BCUT2D eigenvalue weighted by molar-refractivity contribution is -0.0132. The molecule has 1 aliphatic heterocycles. The van der Waals surface area contributed by atoms with Gasteiger partial charge in [0.15, 0.2) is 5.58 Å². The Hall–Kier alpha value is -1.55. The van der Waals surface area contributed by atoms with Crippen molar-refractivity contribution in [3.05, 3.63) is 23.3 Å². The highest BCUT2D eigenvalue weighted by molar-refractivity contribution is 5.77. The largest absolute Gasteiger partial charge is 0.424 e. The van der Waals surface area contributed by atoms with Crippen molar-refractivity contribution in [2.45, 2.75) is 62.8 Å². The lowest BCUT2D eigenvalue weighted by Crippen LogP contribution is -2.61. The van der Waals surface area contributed by atoms with Gasteiger partial charge in [-0.3, -0.25) is 4.90 Å². The average Bonchev–Trinajstić information content (AvgIpc) is 3.35. The predicted octanol–water partition coefficient (Wildman–Crippen LogP) is 3.88. The van der Waals surface area contributed by atoms with Crippen LogP contribution in [0.25, 0.3) is 11.1 Å². The molecule has 4 aliphatic rings. The molecule has 3 fully saturated rings. The van der Waals surface area contributed by atoms with E-state index in [1.54, 1.807) is 5.56 Å². The van der Waals surface area contributed by atoms with Gasteiger partial charge in [0, 0.05) is 18.0 Å². The van der Waals surface area contributed by atoms with Gasteiger partial charge in [0.2, 0.25) is 0 Å². The highest BCUT2D eigenvalue weighted by atomic mass is 16.4. The second-order valence-electron chi connectivity index (χ2n) is 9.00. The normalized spacial score (nSPS) is 34.7. The molecule has 132 valence electrons. The van der Waals surface area contributed by atoms with Gasteiger partial charge in [-0.25, -0.2) is 0 Å². The maximum Gasteiger partial charge on any atom is 0.292 e. The minimum absolute atomic E-state index is 0.299. The van der Waals surface area contributed by atoms with Crippen LogP contribution in [0.4, 0.5) is 6.01 Å². The van der Waals surface area contributed by atoms with Crippen LogP contribution in [0.15, 0.2) is 16.5 Å². The molecule has 6 rings (SSSR count). The Morgan fingerprint density at radius 3 is 3.00 bits per heavy atom. The second-order valence-corrected chi connectivity index (χ2v) is 9.00. The number of piperidine rings is 1. The molecule has 0 unspecified atom stereocenters. The van der Waals surface area contributed by atoms with Crippen molar-refractivity contribution in [2.24, 2.45) is 11.8 Å². The molecule has 0 amide bonds. The number of anilines is 1. The van der Waals surface area contributed by atoms with E-state index in [0.29, 0.717) is 11.4 Å². The van der Waals surface area contributed by atoms with E-state index in [2.05, 4.69) is 22.0 Å². The molecule has 25 heavy (non-hydrogen) atoms. The zero-order valence-electron chi connectivity index (χ0n) is 14.8. The fourth-order valence-electron chi connectivity index (χ4n) is 6.39. The number of nitrogen functional groups attached to an aromatic ring is 1. The minimum Gasteiger partial charge on any atom is -0.424 e. The Kier molecular flexibility index (Phi) is 2.92. The van der Waals surface area contributed by atoms with Gasteiger partial charge in [-0.2, -0.15) is 4.98 Å². The molecule has 2 bridgehead atoms. The molecule has 4 nitrogen and oxygen atoms in total. The molecule has 2 N–H and O–H groups in total. The zero-order valence-corrected chi connectivity index (χ0v) is 14.8. The molecule has 3 atom stereocenters. The number of nitrogens with zero attached hydrogens (tertiary/aromatic N) is 2. The quantitative estimate of drug-likeness (QED) is 0.903. The van der Waals surface area contributed by atoms with E-state index in [9.17, 15) is 0 Å². The number of aromatic nitrogens is 1. The van der Waals surface area contributed by atoms with Gasteiger partial charge in [0.1, 0.15) is 5.52 Å². The van der Waals surface area contributed by atoms with Crippen molar-refractivity contribution in [2.75, 3.05) is 18.8 Å². The monoisotopic (exact) mass is 337 g/mol. The maximum atomic E-state index is 5.82. The number of hydrogen-bond acceptors (Lipinski definition) is 4. The number of oxazole rings is 1. The van der Waals surface area contributed by atoms with Crippen LogP contribution >= 0.6 is 0 Å². The van der Waals surface area contributed by atoms with Crippen LogP contribution in [0.3, 0.4) is 0 Å². The van der Waals surface area contributed by atoms with Gasteiger partial charge in [-0.05, 0) is 80.2 Å². The standard InChI is InChI=1S/C21H27N3O/c22-20-23-17-9-14-10-18-15-3-1-2-6-21(15,16(14)11-19(17)25-20)7-8-24(18)12-13-4-5-13/h9,11,13,15,18H,1-8,10,12H2,(H2,22,23)/t15-,18+,21+/m0/s1. The third kappa shape index (κ3) is 2.06. The van der Waals surface area contributed by atoms with Gasteiger partial charge in [0.05, 0.1) is 0 Å². The zero-order chi connectivity index (χ0) is 16.6. The summed E-state index contributed by atoms with van der Waals surface area (Å²) >= 11 is 0. The second kappa shape index (κ2) is 5.00. The van der Waals surface area contributed by atoms with E-state index in [-0.39, 0.29) is 0 Å². The van der Waals surface area contributed by atoms with Crippen LogP contribution in [0.1, 0.15) is 56.1 Å². The topological polar surface area (TPSA) is 55.3 Å². The van der Waals surface area contributed by atoms with Crippen molar-refractivity contribution >= 4 is 17.1 Å². The van der Waals surface area contributed by atoms with Crippen molar-refractivity contribution in [1.29, 1.82) is 0 Å². The first-order valence-corrected chi connectivity index (χ1v) is 10.2. The summed E-state index contributed by atoms with van der Waals surface area (Å²) in [6.07, 6.45) is 11.0. The van der Waals surface area contributed by atoms with Crippen molar-refractivity contribution in [3.8, 4) is 0 Å². The molecule has 1 saturated heterocycles. The van der Waals surface area contributed by atoms with Crippen LogP contribution in [0.5, 0.6) is 0 Å². The fourth-order valence-corrected chi connectivity index (χ4v) is 6.39. The summed E-state index contributed by atoms with van der Waals surface area (Å²) in [6.45, 7) is 2.62. The van der Waals surface area contributed by atoms with Gasteiger partial charge in [-0.1, -0.05) is 12.8 Å². The summed E-state index contributed by atoms with van der Waals surface area (Å²) in [6, 6.07) is 5.63. The average molecular weight is 337 g/mol. The fraction of sp³-hybridized carbons (Fsp3) is 0.667. The van der Waals surface area contributed by atoms with Crippen molar-refractivity contribution in [3.63, 3.8) is 0 Å². The molecule has 0 spiro atoms. The van der Waals surface area contributed by atoms with E-state index in [1.165, 1.54) is 70.0 Å². The van der Waals surface area contributed by atoms with Gasteiger partial charge >= 0.3 is 0 Å². The van der Waals surface area contributed by atoms with E-state index >= 15 is 0 Å². The molecule has 1 aromatic carbocycles. The van der Waals surface area contributed by atoms with Crippen LogP contribution < -0.4 is 5.73 Å². The van der Waals surface area contributed by atoms with Gasteiger partial charge in [0.25, 0.3) is 6.01 Å². The molecule has 4 heteroatoms. The third-order valence-electron chi connectivity index (χ3n) is 7.66. The molecule has 0 radical (unpaired) electrons. The number of rotatable bonds is 2. The number of hydrogen-bond donors (Lipinski definition) is 1. The Morgan fingerprint density at radius 2 is 2.12 bits per heavy atom. The highest BCUT2D eigenvalue weighted by Crippen LogP contribution is 2.56. The lowest BCUT2D eigenvalue weighted by Gasteiger charge is -2.59. The van der Waals surface area contributed by atoms with Crippen LogP contribution in [-0.4, -0.2) is 29.0 Å². The van der Waals surface area contributed by atoms with Crippen LogP contribution in [-0.2, 0) is 11.8 Å². The maximum absolute atomic E-state index is 5.82. The number of nitrogens with two attached hydrogens (primary N) is 1. The minimum atomic E-state index is 0.299. The summed E-state index contributed by atoms with van der Waals surface area (Å²) in [4.78, 5) is 7.25. The number of likely N-dealkylation sites (tertiary alicyclic amines) is 1. The predicted molar refractivity (Wildman–Crippen MR) is 98.5 cm³/mol. The first-order valence-electron chi connectivity index (χ1n) is 10.2. The first kappa shape index (κ1) is 14.6. The SMILES string of the molecule is Nc1nc2cc3c(cc2o1)[C@@]12CCCC[C@H]1[C@@H](C3)N(CC1CC1)CC2. The number of fused-ring (bicyclic) bond motifs is 2. The molecular formula is C21H27N3O. The summed E-state index contributed by atoms with van der Waals surface area (Å²) in [5, 5.41) is 0. The molecular weight excluding hydrogens is 310 g/mol. The summed E-state index contributed by atoms with van der Waals surface area (Å²) in [5.41, 5.74) is 11.1. The third-order valence-corrected chi connectivity index (χ3v) is 7.66. The van der Waals surface area contributed by atoms with E-state index in [4.69, 9.17) is 10.2 Å². The van der Waals surface area contributed by atoms with E-state index in [1.807, 2.05) is 0 Å². The summed E-state index contributed by atoms with van der Waals surface area (Å²) in [5.74, 6) is 1.81. The Morgan fingerprint density at radius 1 is 1.20 bits per heavy atom. The van der Waals surface area contributed by atoms with Crippen LogP contribution in [0, 0.1) is 11.8 Å². The van der Waals surface area contributed by atoms with Gasteiger partial charge in [-0.15, -0.1) is 0 Å². The van der Waals surface area contributed by atoms with Crippen LogP contribution in [0.2, 0.25) is 0 Å². The molecule has 3 aliphatic carbocycles. The Bertz CT molecular complexity index is 839. The van der Waals surface area contributed by atoms with Gasteiger partial charge < -0.3 is 10.2 Å². The molecule has 1 aromatic heterocycles. The molecule has 2 heterocycles. The highest BCUT2D eigenvalue weighted by Gasteiger charge is 2.54. The smallest absolute Gasteiger partial charge is 0.292 e. The Labute approximate surface area is 148 Å². The Balaban J connectivity index is 1.50. The lowest BCUT2D eigenvalue weighted by atomic mass is 9.52. The van der Waals surface area contributed by atoms with E-state index in [0.717, 1.165) is 29.0 Å². The summed E-state index contributed by atoms with van der Waals surface area (Å²) < 4.78 is 5.69. The number of benzene rings is 1.